The molecule has 0 spiro atoms. The minimum absolute atomic E-state index is 0.0872. The molecular formula is C25H27ClN2O3S2. The van der Waals surface area contributed by atoms with Crippen molar-refractivity contribution in [3.8, 4) is 0 Å². The first-order valence-electron chi connectivity index (χ1n) is 10.5. The molecule has 1 amide bonds. The molecule has 0 radical (unpaired) electrons. The van der Waals surface area contributed by atoms with Crippen LogP contribution in [0.2, 0.25) is 5.02 Å². The summed E-state index contributed by atoms with van der Waals surface area (Å²) >= 11 is 7.83. The highest BCUT2D eigenvalue weighted by Crippen LogP contribution is 2.24. The van der Waals surface area contributed by atoms with Gasteiger partial charge in [0.2, 0.25) is 0 Å². The van der Waals surface area contributed by atoms with Crippen LogP contribution < -0.4 is 10.0 Å². The number of carbonyl (C=O) groups excluding carboxylic acids is 1. The first-order valence-corrected chi connectivity index (χ1v) is 13.5. The van der Waals surface area contributed by atoms with Gasteiger partial charge in [-0.2, -0.15) is 11.8 Å². The van der Waals surface area contributed by atoms with Crippen LogP contribution in [0.15, 0.2) is 65.6 Å². The van der Waals surface area contributed by atoms with E-state index in [9.17, 15) is 13.2 Å². The number of carbonyl (C=O) groups is 1. The summed E-state index contributed by atoms with van der Waals surface area (Å²) in [6, 6.07) is 18.0. The molecule has 8 heteroatoms. The van der Waals surface area contributed by atoms with Crippen LogP contribution in [-0.2, 0) is 15.8 Å². The Bertz CT molecular complexity index is 1260. The molecule has 174 valence electrons. The van der Waals surface area contributed by atoms with E-state index in [1.165, 1.54) is 6.07 Å². The molecule has 0 aliphatic carbocycles. The summed E-state index contributed by atoms with van der Waals surface area (Å²) in [4.78, 5) is 12.7. The van der Waals surface area contributed by atoms with E-state index >= 15 is 0 Å². The quantitative estimate of drug-likeness (QED) is 0.366. The Kier molecular flexibility index (Phi) is 8.46. The van der Waals surface area contributed by atoms with Crippen molar-refractivity contribution >= 4 is 45.0 Å². The molecule has 2 N–H and O–H groups in total. The van der Waals surface area contributed by atoms with Crippen molar-refractivity contribution in [2.45, 2.75) is 31.4 Å². The predicted octanol–water partition coefficient (Wildman–Crippen LogP) is 5.73. The largest absolute Gasteiger partial charge is 0.351 e. The molecular weight excluding hydrogens is 476 g/mol. The summed E-state index contributed by atoms with van der Waals surface area (Å²) < 4.78 is 28.8. The molecule has 3 aromatic rings. The molecule has 0 aromatic heterocycles. The van der Waals surface area contributed by atoms with Crippen molar-refractivity contribution in [1.29, 1.82) is 0 Å². The molecule has 3 rings (SSSR count). The monoisotopic (exact) mass is 502 g/mol. The van der Waals surface area contributed by atoms with Crippen LogP contribution in [0, 0.1) is 20.8 Å². The molecule has 0 atom stereocenters. The van der Waals surface area contributed by atoms with Gasteiger partial charge in [-0.3, -0.25) is 9.52 Å². The number of amides is 1. The van der Waals surface area contributed by atoms with Gasteiger partial charge >= 0.3 is 0 Å². The first kappa shape index (κ1) is 25.1. The van der Waals surface area contributed by atoms with Crippen LogP contribution in [0.5, 0.6) is 0 Å². The van der Waals surface area contributed by atoms with Crippen molar-refractivity contribution in [1.82, 2.24) is 5.32 Å². The molecule has 33 heavy (non-hydrogen) atoms. The number of rotatable bonds is 9. The number of aryl methyl sites for hydroxylation is 3. The van der Waals surface area contributed by atoms with Crippen LogP contribution in [-0.4, -0.2) is 26.6 Å². The summed E-state index contributed by atoms with van der Waals surface area (Å²) in [6.45, 7) is 5.92. The Morgan fingerprint density at radius 1 is 0.970 bits per heavy atom. The number of hydrogen-bond donors (Lipinski definition) is 2. The number of thioether (sulfide) groups is 1. The minimum Gasteiger partial charge on any atom is -0.351 e. The molecule has 0 saturated carbocycles. The maximum absolute atomic E-state index is 13.1. The van der Waals surface area contributed by atoms with Gasteiger partial charge in [0.1, 0.15) is 0 Å². The van der Waals surface area contributed by atoms with Crippen LogP contribution in [0.4, 0.5) is 5.69 Å². The van der Waals surface area contributed by atoms with E-state index in [-0.39, 0.29) is 10.8 Å². The summed E-state index contributed by atoms with van der Waals surface area (Å²) in [7, 11) is -3.85. The Morgan fingerprint density at radius 2 is 1.70 bits per heavy atom. The molecule has 0 bridgehead atoms. The van der Waals surface area contributed by atoms with Crippen molar-refractivity contribution in [2.24, 2.45) is 0 Å². The fourth-order valence-corrected chi connectivity index (χ4v) is 5.75. The third-order valence-electron chi connectivity index (χ3n) is 5.12. The number of sulfonamides is 1. The highest BCUT2D eigenvalue weighted by Gasteiger charge is 2.20. The van der Waals surface area contributed by atoms with Crippen molar-refractivity contribution < 1.29 is 13.2 Å². The predicted molar refractivity (Wildman–Crippen MR) is 138 cm³/mol. The third-order valence-corrected chi connectivity index (χ3v) is 8.01. The fourth-order valence-electron chi connectivity index (χ4n) is 3.21. The highest BCUT2D eigenvalue weighted by atomic mass is 35.5. The molecule has 5 nitrogen and oxygen atoms in total. The number of nitrogens with one attached hydrogen (secondary N) is 2. The summed E-state index contributed by atoms with van der Waals surface area (Å²) in [5, 5.41) is 3.59. The fraction of sp³-hybridized carbons (Fsp3) is 0.240. The molecule has 0 fully saturated rings. The van der Waals surface area contributed by atoms with Gasteiger partial charge in [0.15, 0.2) is 0 Å². The molecule has 0 unspecified atom stereocenters. The Hall–Kier alpha value is -2.48. The minimum atomic E-state index is -3.85. The second-order valence-electron chi connectivity index (χ2n) is 7.80. The second kappa shape index (κ2) is 11.1. The third kappa shape index (κ3) is 6.76. The van der Waals surface area contributed by atoms with E-state index in [1.807, 2.05) is 50.2 Å². The topological polar surface area (TPSA) is 75.3 Å². The molecule has 0 aliphatic heterocycles. The zero-order valence-corrected chi connectivity index (χ0v) is 21.2. The van der Waals surface area contributed by atoms with Gasteiger partial charge in [0.05, 0.1) is 10.6 Å². The SMILES string of the molecule is Cc1ccc(C)c(NS(=O)(=O)c2cc(C(=O)NCCSCc3ccccc3Cl)ccc2C)c1. The standard InChI is InChI=1S/C25H27ClN2O3S2/c1-17-8-9-18(2)23(14-17)28-33(30,31)24-15-20(11-10-19(24)3)25(29)27-12-13-32-16-21-6-4-5-7-22(21)26/h4-11,14-15,28H,12-13,16H2,1-3H3,(H,27,29). The lowest BCUT2D eigenvalue weighted by Crippen LogP contribution is -2.26. The van der Waals surface area contributed by atoms with E-state index in [1.54, 1.807) is 36.9 Å². The van der Waals surface area contributed by atoms with Gasteiger partial charge in [-0.05, 0) is 67.3 Å². The van der Waals surface area contributed by atoms with Crippen LogP contribution in [0.1, 0.15) is 32.6 Å². The van der Waals surface area contributed by atoms with Gasteiger partial charge in [0.25, 0.3) is 15.9 Å². The summed E-state index contributed by atoms with van der Waals surface area (Å²) in [6.07, 6.45) is 0. The summed E-state index contributed by atoms with van der Waals surface area (Å²) in [5.74, 6) is 1.16. The van der Waals surface area contributed by atoms with E-state index in [0.717, 1.165) is 27.5 Å². The zero-order valence-electron chi connectivity index (χ0n) is 18.8. The second-order valence-corrected chi connectivity index (χ2v) is 11.0. The molecule has 0 aliphatic rings. The van der Waals surface area contributed by atoms with Gasteiger partial charge < -0.3 is 5.32 Å². The zero-order chi connectivity index (χ0) is 24.0. The number of halogens is 1. The maximum atomic E-state index is 13.1. The summed E-state index contributed by atoms with van der Waals surface area (Å²) in [5.41, 5.74) is 4.23. The van der Waals surface area contributed by atoms with Crippen LogP contribution in [0.25, 0.3) is 0 Å². The van der Waals surface area contributed by atoms with Gasteiger partial charge in [-0.1, -0.05) is 48.0 Å². The van der Waals surface area contributed by atoms with Crippen LogP contribution in [0.3, 0.4) is 0 Å². The maximum Gasteiger partial charge on any atom is 0.262 e. The Morgan fingerprint density at radius 3 is 2.45 bits per heavy atom. The average molecular weight is 503 g/mol. The van der Waals surface area contributed by atoms with E-state index in [4.69, 9.17) is 11.6 Å². The van der Waals surface area contributed by atoms with Crippen LogP contribution >= 0.6 is 23.4 Å². The van der Waals surface area contributed by atoms with Crippen molar-refractivity contribution in [2.75, 3.05) is 17.0 Å². The Balaban J connectivity index is 1.63. The Labute approximate surface area is 205 Å². The molecule has 0 heterocycles. The normalized spacial score (nSPS) is 11.3. The lowest BCUT2D eigenvalue weighted by atomic mass is 10.1. The van der Waals surface area contributed by atoms with Crippen molar-refractivity contribution in [3.63, 3.8) is 0 Å². The first-order chi connectivity index (χ1) is 15.7. The highest BCUT2D eigenvalue weighted by molar-refractivity contribution is 7.98. The van der Waals surface area contributed by atoms with Gasteiger partial charge in [-0.15, -0.1) is 0 Å². The molecule has 0 saturated heterocycles. The average Bonchev–Trinajstić information content (AvgIpc) is 2.77. The number of benzene rings is 3. The van der Waals surface area contributed by atoms with E-state index < -0.39 is 10.0 Å². The smallest absolute Gasteiger partial charge is 0.262 e. The van der Waals surface area contributed by atoms with Crippen molar-refractivity contribution in [3.05, 3.63) is 93.5 Å². The van der Waals surface area contributed by atoms with E-state index in [2.05, 4.69) is 10.0 Å². The van der Waals surface area contributed by atoms with Gasteiger partial charge in [0, 0.05) is 28.6 Å². The molecule has 3 aromatic carbocycles. The lowest BCUT2D eigenvalue weighted by molar-refractivity contribution is 0.0956. The number of hydrogen-bond acceptors (Lipinski definition) is 4. The van der Waals surface area contributed by atoms with E-state index in [0.29, 0.717) is 29.1 Å². The van der Waals surface area contributed by atoms with Gasteiger partial charge in [-0.25, -0.2) is 8.42 Å². The lowest BCUT2D eigenvalue weighted by Gasteiger charge is -2.14. The number of anilines is 1.